The third kappa shape index (κ3) is 5.32. The number of rotatable bonds is 5. The number of hydrogen-bond acceptors (Lipinski definition) is 3. The lowest BCUT2D eigenvalue weighted by atomic mass is 10.0. The van der Waals surface area contributed by atoms with Crippen LogP contribution in [0.25, 0.3) is 0 Å². The molecule has 0 spiro atoms. The van der Waals surface area contributed by atoms with Gasteiger partial charge in [0, 0.05) is 25.2 Å². The van der Waals surface area contributed by atoms with Gasteiger partial charge in [0.15, 0.2) is 0 Å². The van der Waals surface area contributed by atoms with Crippen molar-refractivity contribution < 1.29 is 4.74 Å². The van der Waals surface area contributed by atoms with Crippen LogP contribution in [0.5, 0.6) is 0 Å². The molecule has 1 saturated heterocycles. The summed E-state index contributed by atoms with van der Waals surface area (Å²) < 4.78 is 9.64. The van der Waals surface area contributed by atoms with Crippen molar-refractivity contribution in [3.8, 4) is 0 Å². The van der Waals surface area contributed by atoms with Gasteiger partial charge in [0.25, 0.3) is 0 Å². The maximum atomic E-state index is 5.28. The lowest BCUT2D eigenvalue weighted by molar-refractivity contribution is 0.0839. The first-order valence-electron chi connectivity index (χ1n) is 5.16. The third-order valence-corrected chi connectivity index (χ3v) is 2.94. The molecule has 1 aliphatic rings. The average Bonchev–Trinajstić information content (AvgIpc) is 2.19. The fourth-order valence-electron chi connectivity index (χ4n) is 1.26. The van der Waals surface area contributed by atoms with E-state index >= 15 is 0 Å². The molecular weight excluding hydrogens is 182 g/mol. The number of ether oxygens (including phenoxy) is 1. The standard InChI is InChI=1S/C10H19NOS/c1-2-3-8-13-11-9-10-4-6-12-7-5-10/h9-10H,2-8H2,1H3/b11-9-. The Morgan fingerprint density at radius 1 is 1.46 bits per heavy atom. The Morgan fingerprint density at radius 3 is 2.92 bits per heavy atom. The fourth-order valence-corrected chi connectivity index (χ4v) is 2.04. The van der Waals surface area contributed by atoms with Crippen molar-refractivity contribution in [1.29, 1.82) is 0 Å². The molecule has 0 atom stereocenters. The van der Waals surface area contributed by atoms with E-state index in [0.717, 1.165) is 31.8 Å². The van der Waals surface area contributed by atoms with Gasteiger partial charge in [-0.2, -0.15) is 0 Å². The molecule has 13 heavy (non-hydrogen) atoms. The van der Waals surface area contributed by atoms with Gasteiger partial charge in [0.05, 0.1) is 0 Å². The predicted octanol–water partition coefficient (Wildman–Crippen LogP) is 2.93. The van der Waals surface area contributed by atoms with Gasteiger partial charge in [-0.15, -0.1) is 0 Å². The van der Waals surface area contributed by atoms with E-state index in [0.29, 0.717) is 5.92 Å². The van der Waals surface area contributed by atoms with Crippen molar-refractivity contribution in [1.82, 2.24) is 0 Å². The van der Waals surface area contributed by atoms with Crippen LogP contribution in [0.2, 0.25) is 0 Å². The van der Waals surface area contributed by atoms with Crippen molar-refractivity contribution >= 4 is 18.2 Å². The summed E-state index contributed by atoms with van der Waals surface area (Å²) in [5.74, 6) is 1.83. The molecule has 0 aromatic rings. The lowest BCUT2D eigenvalue weighted by Crippen LogP contribution is -2.16. The highest BCUT2D eigenvalue weighted by Crippen LogP contribution is 2.14. The largest absolute Gasteiger partial charge is 0.381 e. The summed E-state index contributed by atoms with van der Waals surface area (Å²) in [6, 6.07) is 0. The number of hydrogen-bond donors (Lipinski definition) is 0. The zero-order valence-electron chi connectivity index (χ0n) is 8.37. The van der Waals surface area contributed by atoms with Crippen LogP contribution in [0.4, 0.5) is 0 Å². The minimum Gasteiger partial charge on any atom is -0.381 e. The monoisotopic (exact) mass is 201 g/mol. The highest BCUT2D eigenvalue weighted by molar-refractivity contribution is 7.98. The van der Waals surface area contributed by atoms with E-state index in [1.165, 1.54) is 12.8 Å². The van der Waals surface area contributed by atoms with Gasteiger partial charge in [-0.3, -0.25) is 0 Å². The molecule has 0 N–H and O–H groups in total. The maximum Gasteiger partial charge on any atom is 0.0472 e. The predicted molar refractivity (Wildman–Crippen MR) is 59.4 cm³/mol. The van der Waals surface area contributed by atoms with Gasteiger partial charge in [0.1, 0.15) is 0 Å². The second kappa shape index (κ2) is 7.39. The molecule has 3 heteroatoms. The first-order valence-corrected chi connectivity index (χ1v) is 6.11. The van der Waals surface area contributed by atoms with E-state index in [1.807, 2.05) is 0 Å². The molecule has 0 saturated carbocycles. The van der Waals surface area contributed by atoms with E-state index in [4.69, 9.17) is 4.74 Å². The molecule has 1 heterocycles. The summed E-state index contributed by atoms with van der Waals surface area (Å²) in [5, 5.41) is 0. The first kappa shape index (κ1) is 11.1. The summed E-state index contributed by atoms with van der Waals surface area (Å²) in [4.78, 5) is 0. The molecule has 1 aliphatic heterocycles. The molecular formula is C10H19NOS. The Hall–Kier alpha value is -0.0200. The van der Waals surface area contributed by atoms with Crippen LogP contribution >= 0.6 is 11.9 Å². The van der Waals surface area contributed by atoms with Crippen molar-refractivity contribution in [3.05, 3.63) is 0 Å². The van der Waals surface area contributed by atoms with Crippen LogP contribution in [0, 0.1) is 5.92 Å². The Bertz CT molecular complexity index is 144. The van der Waals surface area contributed by atoms with Crippen molar-refractivity contribution in [2.45, 2.75) is 32.6 Å². The molecule has 0 radical (unpaired) electrons. The number of unbranched alkanes of at least 4 members (excludes halogenated alkanes) is 1. The summed E-state index contributed by atoms with van der Waals surface area (Å²) >= 11 is 1.70. The van der Waals surface area contributed by atoms with Crippen LogP contribution in [-0.2, 0) is 4.74 Å². The van der Waals surface area contributed by atoms with Crippen LogP contribution in [0.15, 0.2) is 4.40 Å². The minimum atomic E-state index is 0.669. The maximum absolute atomic E-state index is 5.28. The average molecular weight is 201 g/mol. The molecule has 0 unspecified atom stereocenters. The SMILES string of the molecule is CCCCS/N=C\C1CCOCC1. The van der Waals surface area contributed by atoms with Crippen molar-refractivity contribution in [3.63, 3.8) is 0 Å². The van der Waals surface area contributed by atoms with Gasteiger partial charge < -0.3 is 4.74 Å². The van der Waals surface area contributed by atoms with Gasteiger partial charge in [-0.25, -0.2) is 4.40 Å². The van der Waals surface area contributed by atoms with Gasteiger partial charge in [0.2, 0.25) is 0 Å². The second-order valence-corrected chi connectivity index (χ2v) is 4.27. The van der Waals surface area contributed by atoms with E-state index < -0.39 is 0 Å². The fraction of sp³-hybridized carbons (Fsp3) is 0.900. The zero-order chi connectivity index (χ0) is 9.36. The van der Waals surface area contributed by atoms with Crippen LogP contribution in [-0.4, -0.2) is 25.2 Å². The molecule has 0 bridgehead atoms. The molecule has 0 aliphatic carbocycles. The van der Waals surface area contributed by atoms with Gasteiger partial charge in [-0.05, 0) is 37.1 Å². The molecule has 76 valence electrons. The summed E-state index contributed by atoms with van der Waals surface area (Å²) in [6.07, 6.45) is 6.95. The van der Waals surface area contributed by atoms with E-state index in [2.05, 4.69) is 17.5 Å². The third-order valence-electron chi connectivity index (χ3n) is 2.20. The van der Waals surface area contributed by atoms with E-state index in [-0.39, 0.29) is 0 Å². The van der Waals surface area contributed by atoms with Crippen LogP contribution in [0.1, 0.15) is 32.6 Å². The molecule has 0 aromatic carbocycles. The number of nitrogens with zero attached hydrogens (tertiary/aromatic N) is 1. The smallest absolute Gasteiger partial charge is 0.0472 e. The highest BCUT2D eigenvalue weighted by atomic mass is 32.2. The summed E-state index contributed by atoms with van der Waals surface area (Å²) in [7, 11) is 0. The molecule has 1 fully saturated rings. The highest BCUT2D eigenvalue weighted by Gasteiger charge is 2.10. The zero-order valence-corrected chi connectivity index (χ0v) is 9.18. The lowest BCUT2D eigenvalue weighted by Gasteiger charge is -2.17. The topological polar surface area (TPSA) is 21.6 Å². The Balaban J connectivity index is 2.01. The molecule has 0 aromatic heterocycles. The van der Waals surface area contributed by atoms with Crippen molar-refractivity contribution in [2.75, 3.05) is 19.0 Å². The Labute approximate surface area is 85.3 Å². The quantitative estimate of drug-likeness (QED) is 0.387. The first-order chi connectivity index (χ1) is 6.43. The van der Waals surface area contributed by atoms with Gasteiger partial charge in [-0.1, -0.05) is 13.3 Å². The van der Waals surface area contributed by atoms with Crippen LogP contribution in [0.3, 0.4) is 0 Å². The summed E-state index contributed by atoms with van der Waals surface area (Å²) in [6.45, 7) is 4.04. The molecule has 1 rings (SSSR count). The Kier molecular flexibility index (Phi) is 6.29. The second-order valence-electron chi connectivity index (χ2n) is 3.39. The summed E-state index contributed by atoms with van der Waals surface area (Å²) in [5.41, 5.74) is 0. The van der Waals surface area contributed by atoms with Crippen molar-refractivity contribution in [2.24, 2.45) is 10.3 Å². The molecule has 0 amide bonds. The van der Waals surface area contributed by atoms with E-state index in [9.17, 15) is 0 Å². The Morgan fingerprint density at radius 2 is 2.23 bits per heavy atom. The molecule has 2 nitrogen and oxygen atoms in total. The van der Waals surface area contributed by atoms with Gasteiger partial charge >= 0.3 is 0 Å². The van der Waals surface area contributed by atoms with E-state index in [1.54, 1.807) is 11.9 Å². The normalized spacial score (nSPS) is 19.8. The van der Waals surface area contributed by atoms with Crippen LogP contribution < -0.4 is 0 Å². The minimum absolute atomic E-state index is 0.669.